The third-order valence-corrected chi connectivity index (χ3v) is 3.46. The molecule has 1 atom stereocenters. The van der Waals surface area contributed by atoms with Gasteiger partial charge in [-0.05, 0) is 49.4 Å². The summed E-state index contributed by atoms with van der Waals surface area (Å²) in [6.45, 7) is 4.94. The average molecular weight is 251 g/mol. The fourth-order valence-corrected chi connectivity index (χ4v) is 2.20. The van der Waals surface area contributed by atoms with Crippen LogP contribution in [-0.4, -0.2) is 13.7 Å². The Bertz CT molecular complexity index is 401. The Labute approximate surface area is 109 Å². The Morgan fingerprint density at radius 3 is 2.67 bits per heavy atom. The Morgan fingerprint density at radius 1 is 1.39 bits per heavy atom. The summed E-state index contributed by atoms with van der Waals surface area (Å²) in [5, 5.41) is 3.26. The van der Waals surface area contributed by atoms with Gasteiger partial charge in [-0.15, -0.1) is 0 Å². The van der Waals surface area contributed by atoms with Crippen molar-refractivity contribution >= 4 is 0 Å². The van der Waals surface area contributed by atoms with Gasteiger partial charge in [-0.2, -0.15) is 0 Å². The Morgan fingerprint density at radius 2 is 2.11 bits per heavy atom. The highest BCUT2D eigenvalue weighted by Gasteiger charge is 2.23. The van der Waals surface area contributed by atoms with Crippen molar-refractivity contribution in [1.82, 2.24) is 5.32 Å². The van der Waals surface area contributed by atoms with E-state index in [1.165, 1.54) is 18.9 Å². The fraction of sp³-hybridized carbons (Fsp3) is 0.600. The van der Waals surface area contributed by atoms with Gasteiger partial charge in [0.05, 0.1) is 6.61 Å². The monoisotopic (exact) mass is 251 g/mol. The average Bonchev–Trinajstić information content (AvgIpc) is 3.14. The van der Waals surface area contributed by atoms with Crippen LogP contribution >= 0.6 is 0 Å². The molecule has 0 spiro atoms. The molecule has 0 unspecified atom stereocenters. The second-order valence-corrected chi connectivity index (χ2v) is 5.45. The van der Waals surface area contributed by atoms with Crippen LogP contribution in [0.2, 0.25) is 0 Å². The quantitative estimate of drug-likeness (QED) is 0.835. The van der Waals surface area contributed by atoms with Gasteiger partial charge in [-0.25, -0.2) is 4.39 Å². The molecule has 3 heteroatoms. The predicted molar refractivity (Wildman–Crippen MR) is 71.3 cm³/mol. The van der Waals surface area contributed by atoms with Crippen LogP contribution in [0.1, 0.15) is 38.3 Å². The fourth-order valence-electron chi connectivity index (χ4n) is 2.20. The summed E-state index contributed by atoms with van der Waals surface area (Å²) < 4.78 is 19.2. The van der Waals surface area contributed by atoms with Crippen LogP contribution in [0.5, 0.6) is 5.75 Å². The van der Waals surface area contributed by atoms with Gasteiger partial charge in [0.15, 0.2) is 11.6 Å². The van der Waals surface area contributed by atoms with E-state index in [0.717, 1.165) is 5.56 Å². The molecule has 100 valence electrons. The molecule has 1 N–H and O–H groups in total. The van der Waals surface area contributed by atoms with Crippen LogP contribution < -0.4 is 10.1 Å². The van der Waals surface area contributed by atoms with Crippen LogP contribution in [0.15, 0.2) is 18.2 Å². The van der Waals surface area contributed by atoms with E-state index in [0.29, 0.717) is 24.2 Å². The normalized spacial score (nSPS) is 16.9. The summed E-state index contributed by atoms with van der Waals surface area (Å²) >= 11 is 0. The molecule has 0 amide bonds. The molecule has 1 aromatic carbocycles. The van der Waals surface area contributed by atoms with Crippen molar-refractivity contribution in [3.05, 3.63) is 29.6 Å². The van der Waals surface area contributed by atoms with Gasteiger partial charge in [0, 0.05) is 6.04 Å². The van der Waals surface area contributed by atoms with E-state index in [2.05, 4.69) is 19.2 Å². The van der Waals surface area contributed by atoms with Gasteiger partial charge in [-0.1, -0.05) is 19.9 Å². The second kappa shape index (κ2) is 5.70. The zero-order chi connectivity index (χ0) is 13.1. The highest BCUT2D eigenvalue weighted by molar-refractivity contribution is 5.32. The Balaban J connectivity index is 2.12. The van der Waals surface area contributed by atoms with Crippen molar-refractivity contribution < 1.29 is 9.13 Å². The number of halogens is 1. The number of benzene rings is 1. The van der Waals surface area contributed by atoms with E-state index in [9.17, 15) is 4.39 Å². The summed E-state index contributed by atoms with van der Waals surface area (Å²) in [4.78, 5) is 0. The largest absolute Gasteiger partial charge is 0.490 e. The topological polar surface area (TPSA) is 21.3 Å². The van der Waals surface area contributed by atoms with Crippen molar-refractivity contribution in [3.63, 3.8) is 0 Å². The standard InChI is InChI=1S/C15H22FNO/c1-10(2)15(17-3)12-6-7-13(16)14(8-12)18-9-11-4-5-11/h6-8,10-11,15,17H,4-5,9H2,1-3H3/t15-/m0/s1. The first-order valence-corrected chi connectivity index (χ1v) is 6.71. The van der Waals surface area contributed by atoms with Gasteiger partial charge in [0.2, 0.25) is 0 Å². The molecule has 0 heterocycles. The van der Waals surface area contributed by atoms with Crippen molar-refractivity contribution in [2.24, 2.45) is 11.8 Å². The Hall–Kier alpha value is -1.09. The molecule has 18 heavy (non-hydrogen) atoms. The first-order chi connectivity index (χ1) is 8.61. The third kappa shape index (κ3) is 3.22. The highest BCUT2D eigenvalue weighted by Crippen LogP contribution is 2.31. The number of hydrogen-bond acceptors (Lipinski definition) is 2. The third-order valence-electron chi connectivity index (χ3n) is 3.46. The van der Waals surface area contributed by atoms with Crippen molar-refractivity contribution in [2.45, 2.75) is 32.7 Å². The van der Waals surface area contributed by atoms with Crippen LogP contribution in [0.4, 0.5) is 4.39 Å². The van der Waals surface area contributed by atoms with Gasteiger partial charge >= 0.3 is 0 Å². The maximum atomic E-state index is 13.7. The molecule has 1 saturated carbocycles. The molecular weight excluding hydrogens is 229 g/mol. The van der Waals surface area contributed by atoms with Gasteiger partial charge in [-0.3, -0.25) is 0 Å². The lowest BCUT2D eigenvalue weighted by molar-refractivity contribution is 0.284. The first kappa shape index (κ1) is 13.3. The van der Waals surface area contributed by atoms with Crippen molar-refractivity contribution in [2.75, 3.05) is 13.7 Å². The molecule has 1 aromatic rings. The van der Waals surface area contributed by atoms with Gasteiger partial charge < -0.3 is 10.1 Å². The zero-order valence-corrected chi connectivity index (χ0v) is 11.4. The van der Waals surface area contributed by atoms with Crippen LogP contribution in [0.3, 0.4) is 0 Å². The lowest BCUT2D eigenvalue weighted by atomic mass is 9.96. The molecule has 2 nitrogen and oxygen atoms in total. The second-order valence-electron chi connectivity index (χ2n) is 5.45. The molecule has 0 aromatic heterocycles. The lowest BCUT2D eigenvalue weighted by Crippen LogP contribution is -2.21. The Kier molecular flexibility index (Phi) is 4.23. The van der Waals surface area contributed by atoms with Crippen LogP contribution in [0.25, 0.3) is 0 Å². The molecule has 1 aliphatic rings. The number of ether oxygens (including phenoxy) is 1. The molecule has 0 radical (unpaired) electrons. The van der Waals surface area contributed by atoms with E-state index < -0.39 is 0 Å². The first-order valence-electron chi connectivity index (χ1n) is 6.71. The van der Waals surface area contributed by atoms with E-state index >= 15 is 0 Å². The van der Waals surface area contributed by atoms with Gasteiger partial charge in [0.25, 0.3) is 0 Å². The maximum absolute atomic E-state index is 13.7. The predicted octanol–water partition coefficient (Wildman–Crippen LogP) is 3.53. The van der Waals surface area contributed by atoms with E-state index in [-0.39, 0.29) is 11.9 Å². The molecule has 0 bridgehead atoms. The summed E-state index contributed by atoms with van der Waals surface area (Å²) in [5.41, 5.74) is 1.08. The van der Waals surface area contributed by atoms with Crippen LogP contribution in [0, 0.1) is 17.7 Å². The van der Waals surface area contributed by atoms with E-state index in [1.807, 2.05) is 19.2 Å². The highest BCUT2D eigenvalue weighted by atomic mass is 19.1. The molecule has 1 aliphatic carbocycles. The SMILES string of the molecule is CN[C@H](c1ccc(F)c(OCC2CC2)c1)C(C)C. The minimum absolute atomic E-state index is 0.230. The van der Waals surface area contributed by atoms with Crippen molar-refractivity contribution in [1.29, 1.82) is 0 Å². The molecule has 1 fully saturated rings. The van der Waals surface area contributed by atoms with Crippen molar-refractivity contribution in [3.8, 4) is 5.75 Å². The summed E-state index contributed by atoms with van der Waals surface area (Å²) in [6, 6.07) is 5.40. The summed E-state index contributed by atoms with van der Waals surface area (Å²) in [7, 11) is 1.93. The van der Waals surface area contributed by atoms with E-state index in [4.69, 9.17) is 4.74 Å². The van der Waals surface area contributed by atoms with E-state index in [1.54, 1.807) is 0 Å². The molecule has 0 saturated heterocycles. The van der Waals surface area contributed by atoms with Gasteiger partial charge in [0.1, 0.15) is 0 Å². The zero-order valence-electron chi connectivity index (χ0n) is 11.4. The lowest BCUT2D eigenvalue weighted by Gasteiger charge is -2.21. The van der Waals surface area contributed by atoms with Crippen LogP contribution in [-0.2, 0) is 0 Å². The number of hydrogen-bond donors (Lipinski definition) is 1. The molecule has 2 rings (SSSR count). The minimum Gasteiger partial charge on any atom is -0.490 e. The minimum atomic E-state index is -0.266. The summed E-state index contributed by atoms with van der Waals surface area (Å²) in [5.74, 6) is 1.22. The maximum Gasteiger partial charge on any atom is 0.165 e. The smallest absolute Gasteiger partial charge is 0.165 e. The number of nitrogens with one attached hydrogen (secondary N) is 1. The molecule has 0 aliphatic heterocycles. The molecular formula is C15H22FNO. The summed E-state index contributed by atoms with van der Waals surface area (Å²) in [6.07, 6.45) is 2.43. The number of rotatable bonds is 6.